The van der Waals surface area contributed by atoms with Crippen LogP contribution in [0.5, 0.6) is 0 Å². The first-order valence-corrected chi connectivity index (χ1v) is 12.1. The average Bonchev–Trinajstić information content (AvgIpc) is 3.15. The van der Waals surface area contributed by atoms with E-state index in [-0.39, 0.29) is 5.69 Å². The molecule has 1 amide bonds. The van der Waals surface area contributed by atoms with Crippen molar-refractivity contribution in [2.75, 3.05) is 29.4 Å². The first kappa shape index (κ1) is 24.4. The largest absolute Gasteiger partial charge is 0.468 e. The number of hydrogen-bond donors (Lipinski definition) is 1. The van der Waals surface area contributed by atoms with Crippen molar-refractivity contribution >= 4 is 45.0 Å². The van der Waals surface area contributed by atoms with Gasteiger partial charge in [-0.1, -0.05) is 11.6 Å². The molecule has 0 bridgehead atoms. The molecule has 166 valence electrons. The van der Waals surface area contributed by atoms with Crippen molar-refractivity contribution in [3.05, 3.63) is 52.9 Å². The lowest BCUT2D eigenvalue weighted by molar-refractivity contribution is -0.137. The van der Waals surface area contributed by atoms with Gasteiger partial charge in [0.1, 0.15) is 12.3 Å². The van der Waals surface area contributed by atoms with Gasteiger partial charge >= 0.3 is 6.18 Å². The van der Waals surface area contributed by atoms with Crippen LogP contribution in [0, 0.1) is 0 Å². The van der Waals surface area contributed by atoms with Crippen molar-refractivity contribution in [1.29, 1.82) is 0 Å². The molecule has 1 heterocycles. The van der Waals surface area contributed by atoms with Gasteiger partial charge in [0.25, 0.3) is 0 Å². The lowest BCUT2D eigenvalue weighted by Gasteiger charge is -2.23. The molecule has 0 radical (unpaired) electrons. The molecule has 1 aromatic carbocycles. The Balaban J connectivity index is 1.93. The summed E-state index contributed by atoms with van der Waals surface area (Å²) < 4.78 is 69.1. The topological polar surface area (TPSA) is 79.6 Å². The molecule has 0 saturated carbocycles. The van der Waals surface area contributed by atoms with Crippen LogP contribution in [-0.2, 0) is 26.7 Å². The molecule has 6 nitrogen and oxygen atoms in total. The molecule has 2 rings (SSSR count). The smallest absolute Gasteiger partial charge is 0.417 e. The van der Waals surface area contributed by atoms with Crippen LogP contribution >= 0.6 is 23.4 Å². The Kier molecular flexibility index (Phi) is 8.51. The van der Waals surface area contributed by atoms with Gasteiger partial charge in [0.15, 0.2) is 0 Å². The van der Waals surface area contributed by atoms with Crippen molar-refractivity contribution in [2.24, 2.45) is 0 Å². The Morgan fingerprint density at radius 2 is 2.03 bits per heavy atom. The number of nitrogens with zero attached hydrogens (tertiary/aromatic N) is 1. The van der Waals surface area contributed by atoms with Gasteiger partial charge < -0.3 is 9.73 Å². The van der Waals surface area contributed by atoms with E-state index in [1.165, 1.54) is 0 Å². The van der Waals surface area contributed by atoms with E-state index in [1.54, 1.807) is 24.1 Å². The van der Waals surface area contributed by atoms with Crippen LogP contribution in [0.4, 0.5) is 18.9 Å². The minimum atomic E-state index is -4.76. The molecule has 0 aliphatic heterocycles. The molecule has 0 unspecified atom stereocenters. The number of alkyl halides is 3. The molecule has 0 saturated heterocycles. The highest BCUT2D eigenvalue weighted by molar-refractivity contribution is 7.98. The number of anilines is 1. The first-order valence-electron chi connectivity index (χ1n) is 8.70. The minimum Gasteiger partial charge on any atom is -0.468 e. The van der Waals surface area contributed by atoms with Gasteiger partial charge in [-0.15, -0.1) is 0 Å². The molecule has 0 fully saturated rings. The van der Waals surface area contributed by atoms with E-state index < -0.39 is 39.2 Å². The molecule has 0 atom stereocenters. The zero-order valence-corrected chi connectivity index (χ0v) is 18.3. The fourth-order valence-corrected chi connectivity index (χ4v) is 4.37. The Bertz CT molecular complexity index is 951. The van der Waals surface area contributed by atoms with Crippen molar-refractivity contribution in [3.8, 4) is 0 Å². The Hall–Kier alpha value is -1.85. The second-order valence-corrected chi connectivity index (χ2v) is 9.69. The van der Waals surface area contributed by atoms with Crippen LogP contribution in [-0.4, -0.2) is 39.4 Å². The number of rotatable bonds is 10. The summed E-state index contributed by atoms with van der Waals surface area (Å²) in [4.78, 5) is 12.2. The summed E-state index contributed by atoms with van der Waals surface area (Å²) in [5.74, 6) is 1.65. The minimum absolute atomic E-state index is 0.293. The number of furan rings is 1. The number of carbonyl (C=O) groups is 1. The summed E-state index contributed by atoms with van der Waals surface area (Å²) in [6.45, 7) is -0.340. The van der Waals surface area contributed by atoms with Gasteiger partial charge in [0.2, 0.25) is 15.9 Å². The molecule has 1 aromatic heterocycles. The molecule has 1 N–H and O–H groups in total. The normalized spacial score (nSPS) is 12.0. The molecular formula is C18H20ClF3N2O4S2. The van der Waals surface area contributed by atoms with Crippen molar-refractivity contribution < 1.29 is 30.8 Å². The van der Waals surface area contributed by atoms with Crippen molar-refractivity contribution in [3.63, 3.8) is 0 Å². The third-order valence-corrected chi connectivity index (χ3v) is 6.38. The zero-order chi connectivity index (χ0) is 22.4. The molecule has 0 aliphatic carbocycles. The molecule has 0 aliphatic rings. The maximum Gasteiger partial charge on any atom is 0.417 e. The molecule has 30 heavy (non-hydrogen) atoms. The second-order valence-electron chi connectivity index (χ2n) is 6.27. The number of sulfonamides is 1. The summed E-state index contributed by atoms with van der Waals surface area (Å²) in [6.07, 6.45) is -1.73. The third kappa shape index (κ3) is 7.44. The Labute approximate surface area is 181 Å². The molecular weight excluding hydrogens is 465 g/mol. The van der Waals surface area contributed by atoms with Crippen LogP contribution in [0.2, 0.25) is 5.02 Å². The highest BCUT2D eigenvalue weighted by Gasteiger charge is 2.34. The summed E-state index contributed by atoms with van der Waals surface area (Å²) in [6, 6.07) is 6.34. The van der Waals surface area contributed by atoms with Gasteiger partial charge in [-0.05, 0) is 42.5 Å². The number of halogens is 4. The highest BCUT2D eigenvalue weighted by atomic mass is 35.5. The number of hydrogen-bond acceptors (Lipinski definition) is 5. The van der Waals surface area contributed by atoms with Gasteiger partial charge in [-0.2, -0.15) is 24.9 Å². The Morgan fingerprint density at radius 3 is 2.63 bits per heavy atom. The monoisotopic (exact) mass is 484 g/mol. The van der Waals surface area contributed by atoms with Crippen LogP contribution in [0.15, 0.2) is 41.0 Å². The summed E-state index contributed by atoms with van der Waals surface area (Å²) in [5.41, 5.74) is -1.47. The number of benzene rings is 1. The van der Waals surface area contributed by atoms with E-state index in [0.29, 0.717) is 29.1 Å². The number of amides is 1. The maximum absolute atomic E-state index is 13.1. The van der Waals surface area contributed by atoms with Crippen LogP contribution in [0.25, 0.3) is 0 Å². The van der Waals surface area contributed by atoms with E-state index in [2.05, 4.69) is 5.32 Å². The number of nitrogens with one attached hydrogen (secondary N) is 1. The third-order valence-electron chi connectivity index (χ3n) is 3.84. The maximum atomic E-state index is 13.1. The van der Waals surface area contributed by atoms with Gasteiger partial charge in [-0.3, -0.25) is 9.10 Å². The highest BCUT2D eigenvalue weighted by Crippen LogP contribution is 2.37. The quantitative estimate of drug-likeness (QED) is 0.512. The van der Waals surface area contributed by atoms with E-state index in [9.17, 15) is 26.4 Å². The lowest BCUT2D eigenvalue weighted by atomic mass is 10.2. The van der Waals surface area contributed by atoms with E-state index >= 15 is 0 Å². The van der Waals surface area contributed by atoms with E-state index in [0.717, 1.165) is 29.9 Å². The fourth-order valence-electron chi connectivity index (χ4n) is 2.44. The lowest BCUT2D eigenvalue weighted by Crippen LogP contribution is -2.40. The van der Waals surface area contributed by atoms with Crippen LogP contribution in [0.1, 0.15) is 17.7 Å². The summed E-state index contributed by atoms with van der Waals surface area (Å²) in [5, 5.41) is 2.02. The van der Waals surface area contributed by atoms with Gasteiger partial charge in [-0.25, -0.2) is 8.42 Å². The van der Waals surface area contributed by atoms with Crippen molar-refractivity contribution in [1.82, 2.24) is 5.32 Å². The fraction of sp³-hybridized carbons (Fsp3) is 0.389. The predicted octanol–water partition coefficient (Wildman–Crippen LogP) is 4.16. The van der Waals surface area contributed by atoms with Gasteiger partial charge in [0, 0.05) is 6.54 Å². The second kappa shape index (κ2) is 10.5. The molecule has 0 spiro atoms. The SMILES string of the molecule is CS(=O)(=O)N(CC(=O)NCCCSCc1ccco1)c1ccc(Cl)c(C(F)(F)F)c1. The molecule has 12 heteroatoms. The van der Waals surface area contributed by atoms with Crippen molar-refractivity contribution in [2.45, 2.75) is 18.3 Å². The van der Waals surface area contributed by atoms with E-state index in [1.807, 2.05) is 6.07 Å². The number of carbonyl (C=O) groups excluding carboxylic acids is 1. The van der Waals surface area contributed by atoms with E-state index in [4.69, 9.17) is 16.0 Å². The van der Waals surface area contributed by atoms with Gasteiger partial charge in [0.05, 0.1) is 34.5 Å². The predicted molar refractivity (Wildman–Crippen MR) is 111 cm³/mol. The average molecular weight is 485 g/mol. The Morgan fingerprint density at radius 1 is 1.30 bits per heavy atom. The van der Waals surface area contributed by atoms with Crippen LogP contribution in [0.3, 0.4) is 0 Å². The molecule has 2 aromatic rings. The zero-order valence-electron chi connectivity index (χ0n) is 15.9. The summed E-state index contributed by atoms with van der Waals surface area (Å²) in [7, 11) is -4.00. The first-order chi connectivity index (χ1) is 14.0. The standard InChI is InChI=1S/C18H20ClF3N2O4S2/c1-30(26,27)24(13-5-6-16(19)15(10-13)18(20,21)22)11-17(25)23-7-3-9-29-12-14-4-2-8-28-14/h2,4-6,8,10H,3,7,9,11-12H2,1H3,(H,23,25). The number of thioether (sulfide) groups is 1. The summed E-state index contributed by atoms with van der Waals surface area (Å²) >= 11 is 7.19. The van der Waals surface area contributed by atoms with Crippen LogP contribution < -0.4 is 9.62 Å².